The highest BCUT2D eigenvalue weighted by atomic mass is 32.1. The molecule has 0 fully saturated rings. The third kappa shape index (κ3) is 2.90. The zero-order valence-electron chi connectivity index (χ0n) is 11.0. The molecule has 0 bridgehead atoms. The lowest BCUT2D eigenvalue weighted by Crippen LogP contribution is -2.13. The van der Waals surface area contributed by atoms with Crippen molar-refractivity contribution in [3.8, 4) is 0 Å². The molecule has 2 aromatic heterocycles. The van der Waals surface area contributed by atoms with Crippen LogP contribution in [0.5, 0.6) is 0 Å². The molecular formula is C13H11N5O2S. The van der Waals surface area contributed by atoms with E-state index in [1.165, 1.54) is 18.3 Å². The Morgan fingerprint density at radius 1 is 1.29 bits per heavy atom. The fourth-order valence-corrected chi connectivity index (χ4v) is 2.53. The number of thiazole rings is 1. The number of hydrogen-bond acceptors (Lipinski definition) is 5. The summed E-state index contributed by atoms with van der Waals surface area (Å²) in [6.45, 7) is 1.39. The molecule has 21 heavy (non-hydrogen) atoms. The SMILES string of the molecule is CC(=O)Nc1nc(C(=O)Nc2ccc3nc[nH]c3c2)cs1. The van der Waals surface area contributed by atoms with Crippen LogP contribution in [0.15, 0.2) is 29.9 Å². The van der Waals surface area contributed by atoms with Crippen LogP contribution in [-0.4, -0.2) is 26.8 Å². The lowest BCUT2D eigenvalue weighted by atomic mass is 10.2. The largest absolute Gasteiger partial charge is 0.345 e. The van der Waals surface area contributed by atoms with E-state index in [4.69, 9.17) is 0 Å². The van der Waals surface area contributed by atoms with Crippen LogP contribution in [0.3, 0.4) is 0 Å². The first-order valence-corrected chi connectivity index (χ1v) is 6.97. The second-order valence-electron chi connectivity index (χ2n) is 4.31. The molecule has 8 heteroatoms. The molecule has 0 saturated carbocycles. The van der Waals surface area contributed by atoms with Gasteiger partial charge in [0, 0.05) is 18.0 Å². The number of amides is 2. The van der Waals surface area contributed by atoms with Gasteiger partial charge in [0.1, 0.15) is 5.69 Å². The number of imidazole rings is 1. The minimum atomic E-state index is -0.332. The maximum Gasteiger partial charge on any atom is 0.275 e. The summed E-state index contributed by atoms with van der Waals surface area (Å²) < 4.78 is 0. The summed E-state index contributed by atoms with van der Waals surface area (Å²) in [5.74, 6) is -0.553. The van der Waals surface area contributed by atoms with E-state index < -0.39 is 0 Å². The Balaban J connectivity index is 1.75. The van der Waals surface area contributed by atoms with Gasteiger partial charge in [0.2, 0.25) is 5.91 Å². The first-order chi connectivity index (χ1) is 10.1. The molecule has 7 nitrogen and oxygen atoms in total. The maximum absolute atomic E-state index is 12.1. The molecule has 0 aliphatic heterocycles. The van der Waals surface area contributed by atoms with Crippen molar-refractivity contribution >= 4 is 45.0 Å². The van der Waals surface area contributed by atoms with Gasteiger partial charge in [-0.15, -0.1) is 11.3 Å². The van der Waals surface area contributed by atoms with Crippen molar-refractivity contribution in [3.05, 3.63) is 35.6 Å². The highest BCUT2D eigenvalue weighted by molar-refractivity contribution is 7.14. The predicted octanol–water partition coefficient (Wildman–Crippen LogP) is 2.23. The van der Waals surface area contributed by atoms with Crippen molar-refractivity contribution in [2.45, 2.75) is 6.92 Å². The van der Waals surface area contributed by atoms with Crippen molar-refractivity contribution in [1.29, 1.82) is 0 Å². The Morgan fingerprint density at radius 3 is 2.95 bits per heavy atom. The summed E-state index contributed by atoms with van der Waals surface area (Å²) in [6, 6.07) is 5.37. The summed E-state index contributed by atoms with van der Waals surface area (Å²) >= 11 is 1.20. The first-order valence-electron chi connectivity index (χ1n) is 6.09. The summed E-state index contributed by atoms with van der Waals surface area (Å²) in [5.41, 5.74) is 2.57. The van der Waals surface area contributed by atoms with E-state index in [9.17, 15) is 9.59 Å². The molecule has 0 atom stereocenters. The van der Waals surface area contributed by atoms with E-state index in [0.717, 1.165) is 11.0 Å². The molecule has 0 aliphatic carbocycles. The average Bonchev–Trinajstić information content (AvgIpc) is 3.06. The number of nitrogens with zero attached hydrogens (tertiary/aromatic N) is 2. The van der Waals surface area contributed by atoms with Crippen LogP contribution in [0.2, 0.25) is 0 Å². The molecule has 0 aliphatic rings. The summed E-state index contributed by atoms with van der Waals surface area (Å²) in [6.07, 6.45) is 1.59. The van der Waals surface area contributed by atoms with Crippen molar-refractivity contribution in [2.75, 3.05) is 10.6 Å². The lowest BCUT2D eigenvalue weighted by Gasteiger charge is -2.02. The molecule has 3 N–H and O–H groups in total. The summed E-state index contributed by atoms with van der Waals surface area (Å²) in [4.78, 5) is 34.1. The Bertz CT molecular complexity index is 823. The van der Waals surface area contributed by atoms with Gasteiger partial charge in [-0.1, -0.05) is 0 Å². The summed E-state index contributed by atoms with van der Waals surface area (Å²) in [5, 5.41) is 7.28. The molecule has 3 rings (SSSR count). The molecule has 0 saturated heterocycles. The third-order valence-electron chi connectivity index (χ3n) is 2.70. The smallest absolute Gasteiger partial charge is 0.275 e. The molecule has 106 valence electrons. The van der Waals surface area contributed by atoms with Crippen LogP contribution in [0, 0.1) is 0 Å². The number of benzene rings is 1. The van der Waals surface area contributed by atoms with Crippen molar-refractivity contribution in [2.24, 2.45) is 0 Å². The number of carbonyl (C=O) groups is 2. The topological polar surface area (TPSA) is 99.8 Å². The predicted molar refractivity (Wildman–Crippen MR) is 80.5 cm³/mol. The van der Waals surface area contributed by atoms with E-state index in [0.29, 0.717) is 10.8 Å². The van der Waals surface area contributed by atoms with Crippen LogP contribution in [0.25, 0.3) is 11.0 Å². The number of aromatic nitrogens is 3. The number of rotatable bonds is 3. The van der Waals surface area contributed by atoms with Crippen LogP contribution in [0.4, 0.5) is 10.8 Å². The Labute approximate surface area is 123 Å². The van der Waals surface area contributed by atoms with Gasteiger partial charge in [0.25, 0.3) is 5.91 Å². The molecule has 0 radical (unpaired) electrons. The minimum Gasteiger partial charge on any atom is -0.345 e. The number of hydrogen-bond donors (Lipinski definition) is 3. The molecule has 3 aromatic rings. The zero-order chi connectivity index (χ0) is 14.8. The average molecular weight is 301 g/mol. The van der Waals surface area contributed by atoms with Crippen LogP contribution in [-0.2, 0) is 4.79 Å². The third-order valence-corrected chi connectivity index (χ3v) is 3.46. The fraction of sp³-hybridized carbons (Fsp3) is 0.0769. The van der Waals surface area contributed by atoms with Crippen LogP contribution >= 0.6 is 11.3 Å². The Hall–Kier alpha value is -2.74. The van der Waals surface area contributed by atoms with Gasteiger partial charge < -0.3 is 15.6 Å². The lowest BCUT2D eigenvalue weighted by molar-refractivity contribution is -0.114. The molecule has 0 unspecified atom stereocenters. The Morgan fingerprint density at radius 2 is 2.14 bits per heavy atom. The number of H-pyrrole nitrogens is 1. The molecule has 2 heterocycles. The minimum absolute atomic E-state index is 0.221. The van der Waals surface area contributed by atoms with E-state index in [-0.39, 0.29) is 17.5 Å². The quantitative estimate of drug-likeness (QED) is 0.690. The number of anilines is 2. The highest BCUT2D eigenvalue weighted by Gasteiger charge is 2.12. The van der Waals surface area contributed by atoms with Gasteiger partial charge in [-0.2, -0.15) is 0 Å². The van der Waals surface area contributed by atoms with Gasteiger partial charge in [0.15, 0.2) is 5.13 Å². The van der Waals surface area contributed by atoms with Crippen molar-refractivity contribution in [1.82, 2.24) is 15.0 Å². The second-order valence-corrected chi connectivity index (χ2v) is 5.17. The Kier molecular flexibility index (Phi) is 3.36. The van der Waals surface area contributed by atoms with Gasteiger partial charge in [0.05, 0.1) is 17.4 Å². The second kappa shape index (κ2) is 5.33. The van der Waals surface area contributed by atoms with Crippen molar-refractivity contribution < 1.29 is 9.59 Å². The maximum atomic E-state index is 12.1. The standard InChI is InChI=1S/C13H11N5O2S/c1-7(19)16-13-18-11(5-21-13)12(20)17-8-2-3-9-10(4-8)15-6-14-9/h2-6H,1H3,(H,14,15)(H,17,20)(H,16,18,19). The van der Waals surface area contributed by atoms with E-state index in [1.54, 1.807) is 23.8 Å². The number of nitrogens with one attached hydrogen (secondary N) is 3. The van der Waals surface area contributed by atoms with Crippen molar-refractivity contribution in [3.63, 3.8) is 0 Å². The number of fused-ring (bicyclic) bond motifs is 1. The van der Waals surface area contributed by atoms with E-state index in [2.05, 4.69) is 25.6 Å². The zero-order valence-corrected chi connectivity index (χ0v) is 11.8. The van der Waals surface area contributed by atoms with Gasteiger partial charge in [-0.3, -0.25) is 9.59 Å². The monoisotopic (exact) mass is 301 g/mol. The fourth-order valence-electron chi connectivity index (χ4n) is 1.79. The van der Waals surface area contributed by atoms with Gasteiger partial charge in [-0.05, 0) is 18.2 Å². The molecular weight excluding hydrogens is 290 g/mol. The molecule has 0 spiro atoms. The summed E-state index contributed by atoms with van der Waals surface area (Å²) in [7, 11) is 0. The highest BCUT2D eigenvalue weighted by Crippen LogP contribution is 2.19. The first kappa shape index (κ1) is 13.3. The normalized spacial score (nSPS) is 10.5. The molecule has 2 amide bonds. The number of aromatic amines is 1. The number of carbonyl (C=O) groups excluding carboxylic acids is 2. The van der Waals surface area contributed by atoms with Gasteiger partial charge >= 0.3 is 0 Å². The van der Waals surface area contributed by atoms with E-state index in [1.807, 2.05) is 6.07 Å². The van der Waals surface area contributed by atoms with Crippen LogP contribution in [0.1, 0.15) is 17.4 Å². The molecule has 1 aromatic carbocycles. The van der Waals surface area contributed by atoms with E-state index >= 15 is 0 Å². The van der Waals surface area contributed by atoms with Gasteiger partial charge in [-0.25, -0.2) is 9.97 Å². The van der Waals surface area contributed by atoms with Crippen LogP contribution < -0.4 is 10.6 Å².